The number of hydrogen-bond donors (Lipinski definition) is 2. The molecule has 0 fully saturated rings. The van der Waals surface area contributed by atoms with E-state index in [1.54, 1.807) is 0 Å². The third-order valence-corrected chi connectivity index (χ3v) is 7.82. The Bertz CT molecular complexity index is 633. The number of unbranched alkanes of at least 4 members (excludes halogenated alkanes) is 17. The molecule has 10 heteroatoms. The van der Waals surface area contributed by atoms with Gasteiger partial charge in [-0.05, 0) is 12.8 Å². The highest BCUT2D eigenvalue weighted by atomic mass is 32.3. The Balaban J connectivity index is 4.67. The maximum absolute atomic E-state index is 11.3. The lowest BCUT2D eigenvalue weighted by Crippen LogP contribution is -2.37. The molecule has 2 atom stereocenters. The quantitative estimate of drug-likeness (QED) is 0.0546. The van der Waals surface area contributed by atoms with Gasteiger partial charge in [0.15, 0.2) is 0 Å². The molecule has 0 aliphatic rings. The van der Waals surface area contributed by atoms with E-state index >= 15 is 0 Å². The van der Waals surface area contributed by atoms with Crippen molar-refractivity contribution in [2.75, 3.05) is 52.9 Å². The van der Waals surface area contributed by atoms with Gasteiger partial charge in [0.1, 0.15) is 6.10 Å². The first-order valence-electron chi connectivity index (χ1n) is 17.1. The topological polar surface area (TPSA) is 121 Å². The van der Waals surface area contributed by atoms with Crippen molar-refractivity contribution < 1.29 is 41.2 Å². The molecule has 0 saturated carbocycles. The van der Waals surface area contributed by atoms with E-state index in [0.717, 1.165) is 32.1 Å². The summed E-state index contributed by atoms with van der Waals surface area (Å²) in [6, 6.07) is 0. The highest BCUT2D eigenvalue weighted by molar-refractivity contribution is 7.80. The Morgan fingerprint density at radius 2 is 0.952 bits per heavy atom. The number of aliphatic hydroxyl groups excluding tert-OH is 1. The molecule has 9 nitrogen and oxygen atoms in total. The molecule has 2 N–H and O–H groups in total. The molecule has 0 heterocycles. The van der Waals surface area contributed by atoms with Crippen LogP contribution in [0, 0.1) is 0 Å². The lowest BCUT2D eigenvalue weighted by molar-refractivity contribution is -0.104. The summed E-state index contributed by atoms with van der Waals surface area (Å²) in [5.41, 5.74) is 0. The molecule has 0 radical (unpaired) electrons. The lowest BCUT2D eigenvalue weighted by Gasteiger charge is -2.27. The van der Waals surface area contributed by atoms with Crippen molar-refractivity contribution in [2.45, 2.75) is 154 Å². The first kappa shape index (κ1) is 41.7. The zero-order chi connectivity index (χ0) is 31.0. The molecule has 0 rings (SSSR count). The van der Waals surface area contributed by atoms with Crippen LogP contribution in [0.1, 0.15) is 142 Å². The Labute approximate surface area is 258 Å². The van der Waals surface area contributed by atoms with E-state index < -0.39 is 16.5 Å². The fourth-order valence-electron chi connectivity index (χ4n) is 4.92. The molecular formula is C32H66O9S. The zero-order valence-corrected chi connectivity index (χ0v) is 27.9. The highest BCUT2D eigenvalue weighted by Gasteiger charge is 2.25. The molecule has 0 aromatic carbocycles. The molecular weight excluding hydrogens is 560 g/mol. The Morgan fingerprint density at radius 3 is 1.45 bits per heavy atom. The first-order chi connectivity index (χ1) is 20.4. The van der Waals surface area contributed by atoms with Crippen molar-refractivity contribution in [1.82, 2.24) is 0 Å². The van der Waals surface area contributed by atoms with Crippen molar-refractivity contribution in [2.24, 2.45) is 0 Å². The molecule has 0 bridgehead atoms. The summed E-state index contributed by atoms with van der Waals surface area (Å²) in [6.07, 6.45) is 23.1. The predicted molar refractivity (Wildman–Crippen MR) is 169 cm³/mol. The van der Waals surface area contributed by atoms with Gasteiger partial charge in [0, 0.05) is 6.61 Å². The van der Waals surface area contributed by atoms with Crippen molar-refractivity contribution >= 4 is 10.4 Å². The zero-order valence-electron chi connectivity index (χ0n) is 27.1. The normalized spacial score (nSPS) is 13.5. The molecule has 0 aromatic rings. The maximum atomic E-state index is 11.3. The number of hydrogen-bond acceptors (Lipinski definition) is 8. The van der Waals surface area contributed by atoms with Crippen LogP contribution < -0.4 is 0 Å². The van der Waals surface area contributed by atoms with Gasteiger partial charge in [-0.1, -0.05) is 129 Å². The molecule has 2 unspecified atom stereocenters. The summed E-state index contributed by atoms with van der Waals surface area (Å²) in [6.45, 7) is 6.27. The van der Waals surface area contributed by atoms with Gasteiger partial charge in [-0.15, -0.1) is 0 Å². The minimum absolute atomic E-state index is 0.0297. The van der Waals surface area contributed by atoms with Gasteiger partial charge in [0.05, 0.1) is 52.4 Å². The molecule has 42 heavy (non-hydrogen) atoms. The van der Waals surface area contributed by atoms with Crippen molar-refractivity contribution in [1.29, 1.82) is 0 Å². The maximum Gasteiger partial charge on any atom is 0.397 e. The molecule has 0 amide bonds. The largest absolute Gasteiger partial charge is 0.397 e. The molecule has 254 valence electrons. The van der Waals surface area contributed by atoms with Crippen molar-refractivity contribution in [3.05, 3.63) is 0 Å². The number of rotatable bonds is 35. The van der Waals surface area contributed by atoms with Crippen LogP contribution in [0.15, 0.2) is 0 Å². The van der Waals surface area contributed by atoms with Crippen LogP contribution in [0.3, 0.4) is 0 Å². The van der Waals surface area contributed by atoms with Crippen LogP contribution >= 0.6 is 0 Å². The standard InChI is InChI=1S/C32H66O9S/c1-3-5-7-9-11-13-15-17-19-21-24-39-31(22-20-18-16-14-12-10-8-6-4-2)32(30-41-42(34,35)36)40-29-28-38-27-26-37-25-23-33/h31-33H,3-30H2,1-2H3,(H,34,35,36). The Kier molecular flexibility index (Phi) is 31.8. The van der Waals surface area contributed by atoms with Gasteiger partial charge in [-0.2, -0.15) is 8.42 Å². The Hall–Kier alpha value is -0.330. The van der Waals surface area contributed by atoms with Gasteiger partial charge >= 0.3 is 10.4 Å². The van der Waals surface area contributed by atoms with Crippen LogP contribution in [0.4, 0.5) is 0 Å². The summed E-state index contributed by atoms with van der Waals surface area (Å²) in [7, 11) is -4.59. The summed E-state index contributed by atoms with van der Waals surface area (Å²) >= 11 is 0. The van der Waals surface area contributed by atoms with Gasteiger partial charge in [0.25, 0.3) is 0 Å². The van der Waals surface area contributed by atoms with E-state index in [1.165, 1.54) is 96.3 Å². The van der Waals surface area contributed by atoms with E-state index in [9.17, 15) is 13.0 Å². The number of aliphatic hydroxyl groups is 1. The monoisotopic (exact) mass is 626 g/mol. The van der Waals surface area contributed by atoms with Gasteiger partial charge in [0.2, 0.25) is 0 Å². The Morgan fingerprint density at radius 1 is 0.524 bits per heavy atom. The van der Waals surface area contributed by atoms with Gasteiger partial charge < -0.3 is 24.1 Å². The smallest absolute Gasteiger partial charge is 0.394 e. The second kappa shape index (κ2) is 32.1. The minimum Gasteiger partial charge on any atom is -0.394 e. The summed E-state index contributed by atoms with van der Waals surface area (Å²) in [4.78, 5) is 0. The molecule has 0 aromatic heterocycles. The summed E-state index contributed by atoms with van der Waals surface area (Å²) in [5.74, 6) is 0. The average Bonchev–Trinajstić information content (AvgIpc) is 2.96. The first-order valence-corrected chi connectivity index (χ1v) is 18.4. The third-order valence-electron chi connectivity index (χ3n) is 7.39. The number of ether oxygens (including phenoxy) is 4. The van der Waals surface area contributed by atoms with Crippen LogP contribution in [0.5, 0.6) is 0 Å². The SMILES string of the molecule is CCCCCCCCCCCCOC(CCCCCCCCCCC)C(COS(=O)(=O)O)OCCOCCOCCO. The van der Waals surface area contributed by atoms with E-state index in [0.29, 0.717) is 26.4 Å². The average molecular weight is 627 g/mol. The van der Waals surface area contributed by atoms with Crippen LogP contribution in [0.25, 0.3) is 0 Å². The van der Waals surface area contributed by atoms with Gasteiger partial charge in [-0.3, -0.25) is 4.55 Å². The van der Waals surface area contributed by atoms with E-state index in [2.05, 4.69) is 13.8 Å². The van der Waals surface area contributed by atoms with Crippen LogP contribution in [-0.2, 0) is 33.5 Å². The van der Waals surface area contributed by atoms with Gasteiger partial charge in [-0.25, -0.2) is 4.18 Å². The lowest BCUT2D eigenvalue weighted by atomic mass is 10.0. The molecule has 0 spiro atoms. The second-order valence-electron chi connectivity index (χ2n) is 11.3. The van der Waals surface area contributed by atoms with E-state index in [1.807, 2.05) is 0 Å². The predicted octanol–water partition coefficient (Wildman–Crippen LogP) is 7.44. The summed E-state index contributed by atoms with van der Waals surface area (Å²) < 4.78 is 59.5. The minimum atomic E-state index is -4.59. The van der Waals surface area contributed by atoms with Crippen LogP contribution in [-0.4, -0.2) is 83.1 Å². The third kappa shape index (κ3) is 31.1. The molecule has 0 aliphatic carbocycles. The van der Waals surface area contributed by atoms with Crippen molar-refractivity contribution in [3.63, 3.8) is 0 Å². The van der Waals surface area contributed by atoms with E-state index in [-0.39, 0.29) is 32.5 Å². The fourth-order valence-corrected chi connectivity index (χ4v) is 5.22. The van der Waals surface area contributed by atoms with E-state index in [4.69, 9.17) is 28.2 Å². The second-order valence-corrected chi connectivity index (χ2v) is 12.4. The summed E-state index contributed by atoms with van der Waals surface area (Å²) in [5, 5.41) is 8.76. The van der Waals surface area contributed by atoms with Crippen LogP contribution in [0.2, 0.25) is 0 Å². The molecule has 0 saturated heterocycles. The molecule has 0 aliphatic heterocycles. The highest BCUT2D eigenvalue weighted by Crippen LogP contribution is 2.18. The van der Waals surface area contributed by atoms with Crippen molar-refractivity contribution in [3.8, 4) is 0 Å². The fraction of sp³-hybridized carbons (Fsp3) is 1.00.